The molecule has 0 amide bonds. The molecule has 0 radical (unpaired) electrons. The summed E-state index contributed by atoms with van der Waals surface area (Å²) in [5.41, 5.74) is 8.05. The third kappa shape index (κ3) is 2.35. The van der Waals surface area contributed by atoms with Crippen LogP contribution in [0.4, 0.5) is 5.69 Å². The van der Waals surface area contributed by atoms with Crippen molar-refractivity contribution in [2.75, 3.05) is 17.2 Å². The Labute approximate surface area is 87.5 Å². The summed E-state index contributed by atoms with van der Waals surface area (Å²) in [5.74, 6) is 3.64. The van der Waals surface area contributed by atoms with Crippen LogP contribution in [0.5, 0.6) is 0 Å². The van der Waals surface area contributed by atoms with Crippen LogP contribution in [0.3, 0.4) is 0 Å². The van der Waals surface area contributed by atoms with Gasteiger partial charge in [0.1, 0.15) is 0 Å². The number of anilines is 1. The van der Waals surface area contributed by atoms with Crippen LogP contribution in [0.15, 0.2) is 23.1 Å². The van der Waals surface area contributed by atoms with Crippen LogP contribution in [0.1, 0.15) is 12.0 Å². The number of hydrogen-bond donors (Lipinski definition) is 1. The van der Waals surface area contributed by atoms with Gasteiger partial charge >= 0.3 is 0 Å². The van der Waals surface area contributed by atoms with Crippen molar-refractivity contribution in [1.82, 2.24) is 0 Å². The van der Waals surface area contributed by atoms with E-state index in [1.807, 2.05) is 29.6 Å². The van der Waals surface area contributed by atoms with Gasteiger partial charge in [0.25, 0.3) is 0 Å². The summed E-state index contributed by atoms with van der Waals surface area (Å²) in [6.45, 7) is 0. The Morgan fingerprint density at radius 2 is 2.15 bits per heavy atom. The van der Waals surface area contributed by atoms with E-state index in [1.54, 1.807) is 0 Å². The van der Waals surface area contributed by atoms with Gasteiger partial charge in [-0.2, -0.15) is 11.8 Å². The first-order chi connectivity index (χ1) is 6.36. The highest BCUT2D eigenvalue weighted by molar-refractivity contribution is 8.00. The van der Waals surface area contributed by atoms with Crippen LogP contribution in [0.25, 0.3) is 0 Å². The van der Waals surface area contributed by atoms with E-state index in [0.29, 0.717) is 0 Å². The molecule has 0 saturated carbocycles. The number of hydrogen-bond acceptors (Lipinski definition) is 3. The Hall–Kier alpha value is -0.280. The molecule has 0 bridgehead atoms. The second-order valence-corrected chi connectivity index (χ2v) is 5.36. The molecule has 0 aliphatic carbocycles. The van der Waals surface area contributed by atoms with Crippen molar-refractivity contribution in [3.63, 3.8) is 0 Å². The summed E-state index contributed by atoms with van der Waals surface area (Å²) >= 11 is 3.97. The smallest absolute Gasteiger partial charge is 0.0317 e. The van der Waals surface area contributed by atoms with Gasteiger partial charge in [-0.25, -0.2) is 0 Å². The molecule has 1 aliphatic rings. The minimum absolute atomic E-state index is 0.889. The van der Waals surface area contributed by atoms with Crippen molar-refractivity contribution in [2.24, 2.45) is 0 Å². The number of benzene rings is 1. The highest BCUT2D eigenvalue weighted by Gasteiger charge is 2.07. The highest BCUT2D eigenvalue weighted by atomic mass is 32.2. The Morgan fingerprint density at radius 1 is 1.23 bits per heavy atom. The van der Waals surface area contributed by atoms with E-state index in [2.05, 4.69) is 12.1 Å². The summed E-state index contributed by atoms with van der Waals surface area (Å²) in [6, 6.07) is 6.26. The van der Waals surface area contributed by atoms with Crippen molar-refractivity contribution in [3.05, 3.63) is 23.8 Å². The van der Waals surface area contributed by atoms with Crippen LogP contribution in [-0.2, 0) is 5.75 Å². The first-order valence-electron chi connectivity index (χ1n) is 4.45. The minimum Gasteiger partial charge on any atom is -0.399 e. The zero-order chi connectivity index (χ0) is 9.10. The molecule has 3 heteroatoms. The average Bonchev–Trinajstić information content (AvgIpc) is 2.08. The molecular formula is C10H13NS2. The van der Waals surface area contributed by atoms with Crippen LogP contribution < -0.4 is 5.73 Å². The van der Waals surface area contributed by atoms with E-state index < -0.39 is 0 Å². The molecule has 1 aromatic carbocycles. The molecule has 0 aromatic heterocycles. The second-order valence-electron chi connectivity index (χ2n) is 3.12. The molecule has 1 aliphatic heterocycles. The van der Waals surface area contributed by atoms with Crippen molar-refractivity contribution in [3.8, 4) is 0 Å². The lowest BCUT2D eigenvalue weighted by Crippen LogP contribution is -1.96. The molecule has 0 atom stereocenters. The number of nitrogens with two attached hydrogens (primary N) is 1. The third-order valence-electron chi connectivity index (χ3n) is 2.03. The minimum atomic E-state index is 0.889. The maximum atomic E-state index is 5.75. The van der Waals surface area contributed by atoms with Gasteiger partial charge in [-0.05, 0) is 41.7 Å². The van der Waals surface area contributed by atoms with Gasteiger partial charge in [0.2, 0.25) is 0 Å². The molecule has 70 valence electrons. The zero-order valence-corrected chi connectivity index (χ0v) is 9.09. The summed E-state index contributed by atoms with van der Waals surface area (Å²) in [4.78, 5) is 1.42. The lowest BCUT2D eigenvalue weighted by atomic mass is 10.2. The lowest BCUT2D eigenvalue weighted by molar-refractivity contribution is 1.10. The molecule has 1 aromatic rings. The summed E-state index contributed by atoms with van der Waals surface area (Å²) in [7, 11) is 0. The van der Waals surface area contributed by atoms with Gasteiger partial charge in [-0.15, -0.1) is 11.8 Å². The Kier molecular flexibility index (Phi) is 3.06. The third-order valence-corrected chi connectivity index (χ3v) is 4.33. The fourth-order valence-electron chi connectivity index (χ4n) is 1.38. The quantitative estimate of drug-likeness (QED) is 0.668. The number of nitrogen functional groups attached to an aromatic ring is 1. The van der Waals surface area contributed by atoms with Crippen molar-refractivity contribution >= 4 is 29.2 Å². The van der Waals surface area contributed by atoms with E-state index >= 15 is 0 Å². The summed E-state index contributed by atoms with van der Waals surface area (Å²) < 4.78 is 0. The fourth-order valence-corrected chi connectivity index (χ4v) is 3.59. The van der Waals surface area contributed by atoms with E-state index in [-0.39, 0.29) is 0 Å². The highest BCUT2D eigenvalue weighted by Crippen LogP contribution is 2.31. The summed E-state index contributed by atoms with van der Waals surface area (Å²) in [5, 5.41) is 0. The molecule has 1 heterocycles. The number of thioether (sulfide) groups is 2. The average molecular weight is 211 g/mol. The first kappa shape index (κ1) is 9.28. The summed E-state index contributed by atoms with van der Waals surface area (Å²) in [6.07, 6.45) is 1.32. The van der Waals surface area contributed by atoms with Crippen LogP contribution >= 0.6 is 23.5 Å². The van der Waals surface area contributed by atoms with Gasteiger partial charge in [0.05, 0.1) is 0 Å². The Morgan fingerprint density at radius 3 is 3.08 bits per heavy atom. The molecule has 2 N–H and O–H groups in total. The van der Waals surface area contributed by atoms with E-state index in [9.17, 15) is 0 Å². The maximum Gasteiger partial charge on any atom is 0.0317 e. The molecule has 0 saturated heterocycles. The standard InChI is InChI=1S/C10H13NS2/c11-9-2-3-10-8(6-9)7-12-4-1-5-13-10/h2-3,6H,1,4-5,7,11H2. The molecule has 13 heavy (non-hydrogen) atoms. The van der Waals surface area contributed by atoms with Crippen LogP contribution in [-0.4, -0.2) is 11.5 Å². The fraction of sp³-hybridized carbons (Fsp3) is 0.400. The van der Waals surface area contributed by atoms with Crippen molar-refractivity contribution < 1.29 is 0 Å². The molecule has 0 unspecified atom stereocenters. The van der Waals surface area contributed by atoms with E-state index in [1.165, 1.54) is 28.4 Å². The van der Waals surface area contributed by atoms with Gasteiger partial charge in [0.15, 0.2) is 0 Å². The molecule has 0 fully saturated rings. The zero-order valence-electron chi connectivity index (χ0n) is 7.45. The normalized spacial score (nSPS) is 17.2. The van der Waals surface area contributed by atoms with Gasteiger partial charge in [-0.3, -0.25) is 0 Å². The Balaban J connectivity index is 2.28. The van der Waals surface area contributed by atoms with Gasteiger partial charge < -0.3 is 5.73 Å². The number of rotatable bonds is 0. The first-order valence-corrected chi connectivity index (χ1v) is 6.59. The van der Waals surface area contributed by atoms with Gasteiger partial charge in [-0.1, -0.05) is 0 Å². The molecule has 2 rings (SSSR count). The molecule has 1 nitrogen and oxygen atoms in total. The largest absolute Gasteiger partial charge is 0.399 e. The Bertz CT molecular complexity index is 299. The monoisotopic (exact) mass is 211 g/mol. The van der Waals surface area contributed by atoms with Crippen molar-refractivity contribution in [2.45, 2.75) is 17.1 Å². The molecule has 0 spiro atoms. The topological polar surface area (TPSA) is 26.0 Å². The van der Waals surface area contributed by atoms with E-state index in [0.717, 1.165) is 11.4 Å². The molecular weight excluding hydrogens is 198 g/mol. The van der Waals surface area contributed by atoms with Gasteiger partial charge in [0, 0.05) is 16.3 Å². The predicted octanol–water partition coefficient (Wildman–Crippen LogP) is 3.00. The van der Waals surface area contributed by atoms with Crippen molar-refractivity contribution in [1.29, 1.82) is 0 Å². The number of fused-ring (bicyclic) bond motifs is 1. The van der Waals surface area contributed by atoms with Crippen LogP contribution in [0.2, 0.25) is 0 Å². The maximum absolute atomic E-state index is 5.75. The second kappa shape index (κ2) is 4.29. The SMILES string of the molecule is Nc1ccc2c(c1)CSCCCS2. The lowest BCUT2D eigenvalue weighted by Gasteiger charge is -2.13. The predicted molar refractivity (Wildman–Crippen MR) is 62.4 cm³/mol. The van der Waals surface area contributed by atoms with E-state index in [4.69, 9.17) is 5.73 Å². The van der Waals surface area contributed by atoms with Crippen LogP contribution in [0, 0.1) is 0 Å².